The van der Waals surface area contributed by atoms with Gasteiger partial charge < -0.3 is 5.73 Å². The van der Waals surface area contributed by atoms with Gasteiger partial charge in [0.15, 0.2) is 5.65 Å². The molecular weight excluding hydrogens is 233 g/mol. The van der Waals surface area contributed by atoms with E-state index in [0.29, 0.717) is 11.3 Å². The number of aromatic nitrogens is 3. The summed E-state index contributed by atoms with van der Waals surface area (Å²) < 4.78 is 38.5. The lowest BCUT2D eigenvalue weighted by Crippen LogP contribution is -2.19. The molecule has 3 rings (SSSR count). The molecule has 1 aliphatic carbocycles. The van der Waals surface area contributed by atoms with Crippen LogP contribution in [0.3, 0.4) is 0 Å². The summed E-state index contributed by atoms with van der Waals surface area (Å²) in [5, 5.41) is 4.05. The maximum atomic E-state index is 12.5. The van der Waals surface area contributed by atoms with Crippen LogP contribution in [0.1, 0.15) is 24.1 Å². The molecule has 2 heterocycles. The molecule has 90 valence electrons. The fraction of sp³-hybridized carbons (Fsp3) is 0.400. The minimum Gasteiger partial charge on any atom is -0.320 e. The van der Waals surface area contributed by atoms with Crippen LogP contribution in [-0.2, 0) is 11.7 Å². The molecule has 0 saturated heterocycles. The first kappa shape index (κ1) is 10.5. The fourth-order valence-electron chi connectivity index (χ4n) is 1.66. The molecular formula is C10H9F3N4. The maximum Gasteiger partial charge on any atom is 0.419 e. The Labute approximate surface area is 94.2 Å². The van der Waals surface area contributed by atoms with E-state index >= 15 is 0 Å². The smallest absolute Gasteiger partial charge is 0.320 e. The van der Waals surface area contributed by atoms with E-state index in [2.05, 4.69) is 10.1 Å². The van der Waals surface area contributed by atoms with Gasteiger partial charge in [0.05, 0.1) is 16.8 Å². The van der Waals surface area contributed by atoms with Crippen LogP contribution in [0.2, 0.25) is 0 Å². The van der Waals surface area contributed by atoms with E-state index in [0.717, 1.165) is 29.8 Å². The summed E-state index contributed by atoms with van der Waals surface area (Å²) in [6.45, 7) is 0. The Bertz CT molecular complexity index is 579. The summed E-state index contributed by atoms with van der Waals surface area (Å²) >= 11 is 0. The normalized spacial score (nSPS) is 18.6. The van der Waals surface area contributed by atoms with Crippen molar-refractivity contribution in [1.29, 1.82) is 0 Å². The highest BCUT2D eigenvalue weighted by molar-refractivity contribution is 5.43. The lowest BCUT2D eigenvalue weighted by Gasteiger charge is -2.05. The molecule has 1 aliphatic rings. The van der Waals surface area contributed by atoms with Gasteiger partial charge in [-0.2, -0.15) is 18.3 Å². The monoisotopic (exact) mass is 242 g/mol. The van der Waals surface area contributed by atoms with Crippen LogP contribution in [-0.4, -0.2) is 14.6 Å². The quantitative estimate of drug-likeness (QED) is 0.828. The highest BCUT2D eigenvalue weighted by Gasteiger charge is 2.42. The van der Waals surface area contributed by atoms with Crippen molar-refractivity contribution in [3.63, 3.8) is 0 Å². The van der Waals surface area contributed by atoms with E-state index in [4.69, 9.17) is 5.73 Å². The molecule has 7 heteroatoms. The van der Waals surface area contributed by atoms with Gasteiger partial charge in [0.1, 0.15) is 0 Å². The van der Waals surface area contributed by atoms with Crippen LogP contribution < -0.4 is 5.73 Å². The highest BCUT2D eigenvalue weighted by Crippen LogP contribution is 2.42. The van der Waals surface area contributed by atoms with Crippen molar-refractivity contribution in [3.05, 3.63) is 29.7 Å². The maximum absolute atomic E-state index is 12.5. The Balaban J connectivity index is 2.11. The first-order valence-electron chi connectivity index (χ1n) is 5.10. The molecule has 0 bridgehead atoms. The van der Waals surface area contributed by atoms with Crippen LogP contribution in [0, 0.1) is 0 Å². The number of fused-ring (bicyclic) bond motifs is 1. The van der Waals surface area contributed by atoms with Gasteiger partial charge in [-0.25, -0.2) is 9.50 Å². The standard InChI is InChI=1S/C10H9F3N4/c11-10(12,13)6-4-15-8-3-7(9(14)1-2-9)16-17(8)5-6/h3-5H,1-2,14H2. The summed E-state index contributed by atoms with van der Waals surface area (Å²) in [4.78, 5) is 3.73. The lowest BCUT2D eigenvalue weighted by molar-refractivity contribution is -0.138. The summed E-state index contributed by atoms with van der Waals surface area (Å²) in [6.07, 6.45) is -1.06. The van der Waals surface area contributed by atoms with Crippen molar-refractivity contribution >= 4 is 5.65 Å². The Kier molecular flexibility index (Phi) is 1.84. The molecule has 1 fully saturated rings. The molecule has 2 aromatic rings. The molecule has 0 spiro atoms. The molecule has 0 radical (unpaired) electrons. The average molecular weight is 242 g/mol. The molecule has 0 amide bonds. The third-order valence-electron chi connectivity index (χ3n) is 2.94. The molecule has 2 N–H and O–H groups in total. The predicted molar refractivity (Wildman–Crippen MR) is 53.1 cm³/mol. The molecule has 0 aromatic carbocycles. The zero-order valence-corrected chi connectivity index (χ0v) is 8.70. The van der Waals surface area contributed by atoms with Gasteiger partial charge in [-0.1, -0.05) is 0 Å². The minimum absolute atomic E-state index is 0.379. The zero-order chi connectivity index (χ0) is 12.3. The van der Waals surface area contributed by atoms with E-state index in [1.54, 1.807) is 6.07 Å². The van der Waals surface area contributed by atoms with Gasteiger partial charge in [0.2, 0.25) is 0 Å². The highest BCUT2D eigenvalue weighted by atomic mass is 19.4. The molecule has 0 aliphatic heterocycles. The van der Waals surface area contributed by atoms with E-state index in [-0.39, 0.29) is 0 Å². The topological polar surface area (TPSA) is 56.2 Å². The largest absolute Gasteiger partial charge is 0.419 e. The van der Waals surface area contributed by atoms with E-state index in [1.807, 2.05) is 0 Å². The number of nitrogens with two attached hydrogens (primary N) is 1. The average Bonchev–Trinajstić information content (AvgIpc) is 2.85. The number of hydrogen-bond donors (Lipinski definition) is 1. The summed E-state index contributed by atoms with van der Waals surface area (Å²) in [5.74, 6) is 0. The molecule has 0 unspecified atom stereocenters. The van der Waals surface area contributed by atoms with E-state index < -0.39 is 17.3 Å². The van der Waals surface area contributed by atoms with E-state index in [1.165, 1.54) is 0 Å². The van der Waals surface area contributed by atoms with Crippen LogP contribution in [0.4, 0.5) is 13.2 Å². The first-order valence-corrected chi connectivity index (χ1v) is 5.10. The second-order valence-electron chi connectivity index (χ2n) is 4.33. The summed E-state index contributed by atoms with van der Waals surface area (Å²) in [6, 6.07) is 1.63. The van der Waals surface area contributed by atoms with Crippen LogP contribution >= 0.6 is 0 Å². The first-order chi connectivity index (χ1) is 7.88. The molecule has 4 nitrogen and oxygen atoms in total. The number of halogens is 3. The molecule has 2 aromatic heterocycles. The van der Waals surface area contributed by atoms with Crippen molar-refractivity contribution in [3.8, 4) is 0 Å². The Morgan fingerprint density at radius 1 is 1.35 bits per heavy atom. The van der Waals surface area contributed by atoms with Crippen LogP contribution in [0.15, 0.2) is 18.5 Å². The van der Waals surface area contributed by atoms with E-state index in [9.17, 15) is 13.2 Å². The van der Waals surface area contributed by atoms with Crippen LogP contribution in [0.5, 0.6) is 0 Å². The van der Waals surface area contributed by atoms with Gasteiger partial charge in [0.25, 0.3) is 0 Å². The molecule has 0 atom stereocenters. The number of hydrogen-bond acceptors (Lipinski definition) is 3. The van der Waals surface area contributed by atoms with Gasteiger partial charge in [-0.05, 0) is 12.8 Å². The Hall–Kier alpha value is -1.63. The Morgan fingerprint density at radius 3 is 2.65 bits per heavy atom. The Morgan fingerprint density at radius 2 is 2.06 bits per heavy atom. The van der Waals surface area contributed by atoms with Crippen molar-refractivity contribution in [2.45, 2.75) is 24.6 Å². The number of alkyl halides is 3. The SMILES string of the molecule is NC1(c2cc3ncc(C(F)(F)F)cn3n2)CC1. The molecule has 17 heavy (non-hydrogen) atoms. The van der Waals surface area contributed by atoms with Crippen molar-refractivity contribution < 1.29 is 13.2 Å². The van der Waals surface area contributed by atoms with Gasteiger partial charge >= 0.3 is 6.18 Å². The van der Waals surface area contributed by atoms with Gasteiger partial charge in [-0.3, -0.25) is 0 Å². The number of nitrogens with zero attached hydrogens (tertiary/aromatic N) is 3. The lowest BCUT2D eigenvalue weighted by atomic mass is 10.2. The second kappa shape index (κ2) is 2.98. The van der Waals surface area contributed by atoms with Crippen molar-refractivity contribution in [2.75, 3.05) is 0 Å². The van der Waals surface area contributed by atoms with Gasteiger partial charge in [-0.15, -0.1) is 0 Å². The predicted octanol–water partition coefficient (Wildman–Crippen LogP) is 1.70. The molecule has 1 saturated carbocycles. The fourth-order valence-corrected chi connectivity index (χ4v) is 1.66. The third-order valence-corrected chi connectivity index (χ3v) is 2.94. The van der Waals surface area contributed by atoms with Crippen molar-refractivity contribution in [1.82, 2.24) is 14.6 Å². The minimum atomic E-state index is -4.41. The van der Waals surface area contributed by atoms with Crippen molar-refractivity contribution in [2.24, 2.45) is 5.73 Å². The van der Waals surface area contributed by atoms with Gasteiger partial charge in [0, 0.05) is 18.5 Å². The zero-order valence-electron chi connectivity index (χ0n) is 8.70. The second-order valence-corrected chi connectivity index (χ2v) is 4.33. The third kappa shape index (κ3) is 1.66. The van der Waals surface area contributed by atoms with Crippen LogP contribution in [0.25, 0.3) is 5.65 Å². The number of rotatable bonds is 1. The summed E-state index contributed by atoms with van der Waals surface area (Å²) in [7, 11) is 0. The summed E-state index contributed by atoms with van der Waals surface area (Å²) in [5.41, 5.74) is 5.63.